The number of carbonyl (C=O) groups is 2. The molecule has 1 aliphatic carbocycles. The molecule has 2 aliphatic rings. The quantitative estimate of drug-likeness (QED) is 0.222. The van der Waals surface area contributed by atoms with Gasteiger partial charge < -0.3 is 20.5 Å². The molecule has 0 saturated heterocycles. The van der Waals surface area contributed by atoms with Gasteiger partial charge in [0.25, 0.3) is 0 Å². The molecular formula is C33H35Cl2FN4O4. The van der Waals surface area contributed by atoms with E-state index in [1.54, 1.807) is 32.4 Å². The number of aldehydes is 1. The number of likely N-dealkylation sites (N-methyl/N-ethyl adjacent to an activating group) is 1. The van der Waals surface area contributed by atoms with Crippen LogP contribution in [0.2, 0.25) is 10.0 Å². The molecule has 8 nitrogen and oxygen atoms in total. The predicted octanol–water partition coefficient (Wildman–Crippen LogP) is 6.49. The van der Waals surface area contributed by atoms with E-state index in [9.17, 15) is 14.0 Å². The van der Waals surface area contributed by atoms with Crippen molar-refractivity contribution in [2.75, 3.05) is 34.4 Å². The van der Waals surface area contributed by atoms with E-state index in [4.69, 9.17) is 38.7 Å². The SMILES string of the molecule is CNCC(c1cc2c(c(-c3ccc(F)c(Cl)c3)n1)OCC2C(N)=O)C1CC1.COC.Cc1nc2ccc(C=O)cc2cc1Cl. The normalized spacial score (nSPS) is 15.7. The number of nitrogens with zero attached hydrogens (tertiary/aromatic N) is 2. The second-order valence-corrected chi connectivity index (χ2v) is 11.6. The van der Waals surface area contributed by atoms with E-state index in [2.05, 4.69) is 15.0 Å². The number of hydrogen-bond donors (Lipinski definition) is 2. The second-order valence-electron chi connectivity index (χ2n) is 10.7. The summed E-state index contributed by atoms with van der Waals surface area (Å²) in [7, 11) is 5.17. The van der Waals surface area contributed by atoms with Gasteiger partial charge in [-0.15, -0.1) is 0 Å². The largest absolute Gasteiger partial charge is 0.490 e. The highest BCUT2D eigenvalue weighted by molar-refractivity contribution is 6.32. The first-order valence-electron chi connectivity index (χ1n) is 14.1. The Morgan fingerprint density at radius 3 is 2.48 bits per heavy atom. The fraction of sp³-hybridized carbons (Fsp3) is 0.333. The van der Waals surface area contributed by atoms with Crippen LogP contribution in [0.25, 0.3) is 22.2 Å². The van der Waals surface area contributed by atoms with Crippen molar-refractivity contribution in [1.29, 1.82) is 0 Å². The number of rotatable bonds is 7. The van der Waals surface area contributed by atoms with Crippen LogP contribution in [-0.4, -0.2) is 56.6 Å². The van der Waals surface area contributed by atoms with Crippen molar-refractivity contribution in [1.82, 2.24) is 15.3 Å². The van der Waals surface area contributed by atoms with Crippen molar-refractivity contribution in [2.24, 2.45) is 11.7 Å². The molecule has 0 radical (unpaired) electrons. The Balaban J connectivity index is 0.000000217. The number of pyridine rings is 2. The summed E-state index contributed by atoms with van der Waals surface area (Å²) in [6.45, 7) is 2.84. The highest BCUT2D eigenvalue weighted by atomic mass is 35.5. The van der Waals surface area contributed by atoms with Crippen LogP contribution >= 0.6 is 23.2 Å². The smallest absolute Gasteiger partial charge is 0.228 e. The molecule has 1 amide bonds. The fourth-order valence-corrected chi connectivity index (χ4v) is 5.42. The number of nitrogens with two attached hydrogens (primary N) is 1. The molecule has 2 aromatic carbocycles. The average Bonchev–Trinajstić information content (AvgIpc) is 3.75. The number of amides is 1. The van der Waals surface area contributed by atoms with Gasteiger partial charge in [-0.25, -0.2) is 9.37 Å². The third-order valence-electron chi connectivity index (χ3n) is 7.43. The van der Waals surface area contributed by atoms with Crippen LogP contribution in [0.1, 0.15) is 52.0 Å². The lowest BCUT2D eigenvalue weighted by atomic mass is 9.92. The minimum absolute atomic E-state index is 0.0202. The Bertz CT molecular complexity index is 1670. The lowest BCUT2D eigenvalue weighted by molar-refractivity contribution is -0.119. The van der Waals surface area contributed by atoms with Gasteiger partial charge in [0.05, 0.1) is 21.3 Å². The van der Waals surface area contributed by atoms with Gasteiger partial charge in [-0.1, -0.05) is 23.2 Å². The molecule has 3 N–H and O–H groups in total. The third kappa shape index (κ3) is 7.71. The van der Waals surface area contributed by atoms with Crippen LogP contribution in [-0.2, 0) is 9.53 Å². The highest BCUT2D eigenvalue weighted by Crippen LogP contribution is 2.46. The molecule has 1 saturated carbocycles. The molecular weight excluding hydrogens is 606 g/mol. The summed E-state index contributed by atoms with van der Waals surface area (Å²) in [5, 5.41) is 4.77. The zero-order chi connectivity index (χ0) is 32.0. The first-order valence-corrected chi connectivity index (χ1v) is 14.9. The second kappa shape index (κ2) is 14.9. The van der Waals surface area contributed by atoms with Gasteiger partial charge in [0.1, 0.15) is 36.1 Å². The van der Waals surface area contributed by atoms with Gasteiger partial charge in [-0.3, -0.25) is 14.6 Å². The van der Waals surface area contributed by atoms with E-state index in [1.807, 2.05) is 32.2 Å². The van der Waals surface area contributed by atoms with E-state index in [1.165, 1.54) is 25.0 Å². The van der Waals surface area contributed by atoms with Crippen LogP contribution in [0.5, 0.6) is 5.75 Å². The summed E-state index contributed by atoms with van der Waals surface area (Å²) >= 11 is 11.9. The number of aromatic nitrogens is 2. The zero-order valence-corrected chi connectivity index (χ0v) is 26.5. The Morgan fingerprint density at radius 2 is 1.86 bits per heavy atom. The molecule has 44 heavy (non-hydrogen) atoms. The van der Waals surface area contributed by atoms with Crippen molar-refractivity contribution in [3.63, 3.8) is 0 Å². The number of ether oxygens (including phenoxy) is 2. The monoisotopic (exact) mass is 640 g/mol. The van der Waals surface area contributed by atoms with Gasteiger partial charge in [0.2, 0.25) is 5.91 Å². The Morgan fingerprint density at radius 1 is 1.14 bits per heavy atom. The number of halogens is 3. The van der Waals surface area contributed by atoms with E-state index in [0.29, 0.717) is 33.5 Å². The first-order chi connectivity index (χ1) is 21.1. The summed E-state index contributed by atoms with van der Waals surface area (Å²) in [5.41, 5.74) is 10.8. The molecule has 0 bridgehead atoms. The van der Waals surface area contributed by atoms with Gasteiger partial charge in [-0.2, -0.15) is 0 Å². The van der Waals surface area contributed by atoms with Crippen molar-refractivity contribution in [2.45, 2.75) is 31.6 Å². The van der Waals surface area contributed by atoms with Crippen LogP contribution in [0, 0.1) is 18.7 Å². The maximum Gasteiger partial charge on any atom is 0.228 e. The predicted molar refractivity (Wildman–Crippen MR) is 171 cm³/mol. The standard InChI is InChI=1S/C20H21ClFN3O2.C11H8ClNO.C2H6O/c1-24-8-13(10-2-3-10)17-7-12-14(20(23)26)9-27-19(12)18(25-17)11-4-5-16(22)15(21)6-11;1-7-10(12)5-9-4-8(6-14)2-3-11(9)13-7;1-3-2/h4-7,10,13-14,24H,2-3,8-9H2,1H3,(H2,23,26);2-6H,1H3;1-2H3. The van der Waals surface area contributed by atoms with E-state index in [-0.39, 0.29) is 17.5 Å². The lowest BCUT2D eigenvalue weighted by Gasteiger charge is -2.19. The topological polar surface area (TPSA) is 116 Å². The van der Waals surface area contributed by atoms with Crippen LogP contribution in [0.15, 0.2) is 48.5 Å². The number of fused-ring (bicyclic) bond motifs is 2. The summed E-state index contributed by atoms with van der Waals surface area (Å²) in [4.78, 5) is 31.6. The zero-order valence-electron chi connectivity index (χ0n) is 25.0. The average molecular weight is 642 g/mol. The molecule has 3 heterocycles. The lowest BCUT2D eigenvalue weighted by Crippen LogP contribution is -2.23. The molecule has 6 rings (SSSR count). The minimum Gasteiger partial charge on any atom is -0.490 e. The Hall–Kier alpha value is -3.63. The van der Waals surface area contributed by atoms with Crippen molar-refractivity contribution in [3.05, 3.63) is 86.9 Å². The molecule has 2 atom stereocenters. The maximum absolute atomic E-state index is 13.6. The van der Waals surface area contributed by atoms with Crippen LogP contribution in [0.3, 0.4) is 0 Å². The summed E-state index contributed by atoms with van der Waals surface area (Å²) < 4.78 is 23.7. The van der Waals surface area contributed by atoms with Gasteiger partial charge >= 0.3 is 0 Å². The molecule has 11 heteroatoms. The number of carbonyl (C=O) groups excluding carboxylic acids is 2. The number of benzene rings is 2. The van der Waals surface area contributed by atoms with Gasteiger partial charge in [-0.05, 0) is 81.3 Å². The molecule has 2 aromatic heterocycles. The number of methoxy groups -OCH3 is 1. The molecule has 232 valence electrons. The van der Waals surface area contributed by atoms with Crippen molar-refractivity contribution < 1.29 is 23.5 Å². The summed E-state index contributed by atoms with van der Waals surface area (Å²) in [6.07, 6.45) is 3.14. The Kier molecular flexibility index (Phi) is 11.3. The van der Waals surface area contributed by atoms with Gasteiger partial charge in [0.15, 0.2) is 0 Å². The van der Waals surface area contributed by atoms with Crippen molar-refractivity contribution in [3.8, 4) is 17.0 Å². The van der Waals surface area contributed by atoms with Gasteiger partial charge in [0, 0.05) is 54.5 Å². The highest BCUT2D eigenvalue weighted by Gasteiger charge is 2.37. The minimum atomic E-state index is -0.508. The molecule has 1 fully saturated rings. The summed E-state index contributed by atoms with van der Waals surface area (Å²) in [5.74, 6) is -0.0815. The van der Waals surface area contributed by atoms with E-state index >= 15 is 0 Å². The number of nitrogens with one attached hydrogen (secondary N) is 1. The van der Waals surface area contributed by atoms with Crippen LogP contribution < -0.4 is 15.8 Å². The number of aryl methyl sites for hydroxylation is 1. The fourth-order valence-electron chi connectivity index (χ4n) is 5.08. The summed E-state index contributed by atoms with van der Waals surface area (Å²) in [6, 6.07) is 13.6. The van der Waals surface area contributed by atoms with Crippen LogP contribution in [0.4, 0.5) is 4.39 Å². The molecule has 2 unspecified atom stereocenters. The number of hydrogen-bond acceptors (Lipinski definition) is 7. The van der Waals surface area contributed by atoms with Crippen molar-refractivity contribution >= 4 is 46.3 Å². The third-order valence-corrected chi connectivity index (χ3v) is 8.10. The maximum atomic E-state index is 13.6. The van der Waals surface area contributed by atoms with E-state index in [0.717, 1.165) is 40.7 Å². The van der Waals surface area contributed by atoms with E-state index < -0.39 is 17.6 Å². The Labute approximate surface area is 266 Å². The molecule has 0 spiro atoms. The first kappa shape index (κ1) is 33.3. The molecule has 1 aliphatic heterocycles. The molecule has 4 aromatic rings. The number of primary amides is 1.